The van der Waals surface area contributed by atoms with Gasteiger partial charge in [-0.3, -0.25) is 0 Å². The van der Waals surface area contributed by atoms with Crippen LogP contribution in [0.3, 0.4) is 0 Å². The summed E-state index contributed by atoms with van der Waals surface area (Å²) >= 11 is 1.70. The summed E-state index contributed by atoms with van der Waals surface area (Å²) in [5.74, 6) is 0. The summed E-state index contributed by atoms with van der Waals surface area (Å²) in [5, 5.41) is 6.48. The predicted molar refractivity (Wildman–Crippen MR) is 53.2 cm³/mol. The van der Waals surface area contributed by atoms with Gasteiger partial charge in [-0.2, -0.15) is 0 Å². The smallest absolute Gasteiger partial charge is 0.0981 e. The third-order valence-corrected chi connectivity index (χ3v) is 3.32. The van der Waals surface area contributed by atoms with E-state index in [9.17, 15) is 0 Å². The summed E-state index contributed by atoms with van der Waals surface area (Å²) in [6, 6.07) is 0. The lowest BCUT2D eigenvalue weighted by atomic mass is 9.91. The Morgan fingerprint density at radius 1 is 1.69 bits per heavy atom. The molecule has 0 aliphatic carbocycles. The third kappa shape index (κ3) is 1.75. The Morgan fingerprint density at radius 3 is 2.85 bits per heavy atom. The topological polar surface area (TPSA) is 34.1 Å². The summed E-state index contributed by atoms with van der Waals surface area (Å²) in [7, 11) is 1.78. The molecule has 1 aliphatic rings. The zero-order valence-electron chi connectivity index (χ0n) is 7.96. The molecule has 4 heteroatoms. The fourth-order valence-electron chi connectivity index (χ4n) is 1.56. The molecule has 0 radical (unpaired) electrons. The Balaban J connectivity index is 2.04. The van der Waals surface area contributed by atoms with E-state index in [0.717, 1.165) is 30.2 Å². The van der Waals surface area contributed by atoms with Gasteiger partial charge in [0.25, 0.3) is 0 Å². The van der Waals surface area contributed by atoms with Crippen LogP contribution in [0.2, 0.25) is 0 Å². The summed E-state index contributed by atoms with van der Waals surface area (Å²) in [6.07, 6.45) is 0.931. The van der Waals surface area contributed by atoms with Crippen LogP contribution in [0.25, 0.3) is 0 Å². The van der Waals surface area contributed by atoms with Crippen LogP contribution in [0.15, 0.2) is 5.38 Å². The van der Waals surface area contributed by atoms with Crippen LogP contribution in [-0.2, 0) is 11.2 Å². The molecule has 1 N–H and O–H groups in total. The Kier molecular flexibility index (Phi) is 2.36. The molecular weight excluding hydrogens is 184 g/mol. The highest BCUT2D eigenvalue weighted by Gasteiger charge is 2.37. The highest BCUT2D eigenvalue weighted by molar-refractivity contribution is 7.09. The Morgan fingerprint density at radius 2 is 2.46 bits per heavy atom. The lowest BCUT2D eigenvalue weighted by molar-refractivity contribution is -0.0507. The molecule has 1 aromatic heterocycles. The Bertz CT molecular complexity index is 288. The first-order valence-corrected chi connectivity index (χ1v) is 5.29. The molecule has 0 saturated carbocycles. The molecule has 0 spiro atoms. The van der Waals surface area contributed by atoms with E-state index in [1.54, 1.807) is 18.4 Å². The zero-order valence-corrected chi connectivity index (χ0v) is 8.78. The molecular formula is C9H14N2OS. The first kappa shape index (κ1) is 9.12. The van der Waals surface area contributed by atoms with Gasteiger partial charge in [-0.05, 0) is 6.92 Å². The zero-order chi connectivity index (χ0) is 9.31. The molecule has 13 heavy (non-hydrogen) atoms. The normalized spacial score (nSPS) is 19.8. The molecule has 1 saturated heterocycles. The van der Waals surface area contributed by atoms with Gasteiger partial charge in [0.2, 0.25) is 0 Å². The lowest BCUT2D eigenvalue weighted by Gasteiger charge is -2.40. The van der Waals surface area contributed by atoms with E-state index in [1.165, 1.54) is 0 Å². The molecule has 0 aromatic carbocycles. The SMILES string of the molecule is COC1(Cc2csc(C)n2)CNC1. The van der Waals surface area contributed by atoms with Crippen LogP contribution < -0.4 is 5.32 Å². The quantitative estimate of drug-likeness (QED) is 0.786. The van der Waals surface area contributed by atoms with E-state index in [-0.39, 0.29) is 5.60 Å². The molecule has 1 fully saturated rings. The average molecular weight is 198 g/mol. The lowest BCUT2D eigenvalue weighted by Crippen LogP contribution is -2.61. The van der Waals surface area contributed by atoms with Gasteiger partial charge in [0.1, 0.15) is 0 Å². The third-order valence-electron chi connectivity index (χ3n) is 2.50. The van der Waals surface area contributed by atoms with Crippen molar-refractivity contribution in [2.24, 2.45) is 0 Å². The minimum absolute atomic E-state index is 0.0144. The highest BCUT2D eigenvalue weighted by Crippen LogP contribution is 2.22. The van der Waals surface area contributed by atoms with Crippen LogP contribution >= 0.6 is 11.3 Å². The molecule has 2 heterocycles. The predicted octanol–water partition coefficient (Wildman–Crippen LogP) is 0.982. The fourth-order valence-corrected chi connectivity index (χ4v) is 2.18. The highest BCUT2D eigenvalue weighted by atomic mass is 32.1. The van der Waals surface area contributed by atoms with Gasteiger partial charge < -0.3 is 10.1 Å². The van der Waals surface area contributed by atoms with E-state index >= 15 is 0 Å². The molecule has 0 unspecified atom stereocenters. The van der Waals surface area contributed by atoms with Crippen molar-refractivity contribution < 1.29 is 4.74 Å². The summed E-state index contributed by atoms with van der Waals surface area (Å²) in [6.45, 7) is 3.92. The van der Waals surface area contributed by atoms with Crippen molar-refractivity contribution in [1.29, 1.82) is 0 Å². The van der Waals surface area contributed by atoms with Gasteiger partial charge in [-0.15, -0.1) is 11.3 Å². The van der Waals surface area contributed by atoms with Gasteiger partial charge in [0.15, 0.2) is 0 Å². The van der Waals surface area contributed by atoms with Gasteiger partial charge in [-0.1, -0.05) is 0 Å². The second kappa shape index (κ2) is 3.36. The van der Waals surface area contributed by atoms with Gasteiger partial charge in [-0.25, -0.2) is 4.98 Å². The molecule has 2 rings (SSSR count). The van der Waals surface area contributed by atoms with E-state index in [0.29, 0.717) is 0 Å². The van der Waals surface area contributed by atoms with Crippen LogP contribution in [0, 0.1) is 6.92 Å². The molecule has 0 amide bonds. The largest absolute Gasteiger partial charge is 0.375 e. The Labute approximate surface area is 82.1 Å². The van der Waals surface area contributed by atoms with Crippen molar-refractivity contribution in [3.05, 3.63) is 16.1 Å². The summed E-state index contributed by atoms with van der Waals surface area (Å²) < 4.78 is 5.49. The number of thiazole rings is 1. The van der Waals surface area contributed by atoms with Gasteiger partial charge in [0, 0.05) is 32.0 Å². The Hall–Kier alpha value is -0.450. The first-order chi connectivity index (χ1) is 6.24. The van der Waals surface area contributed by atoms with Crippen molar-refractivity contribution in [1.82, 2.24) is 10.3 Å². The van der Waals surface area contributed by atoms with E-state index in [1.807, 2.05) is 6.92 Å². The van der Waals surface area contributed by atoms with Crippen molar-refractivity contribution in [3.63, 3.8) is 0 Å². The molecule has 1 aliphatic heterocycles. The van der Waals surface area contributed by atoms with Crippen LogP contribution in [0.1, 0.15) is 10.7 Å². The fraction of sp³-hybridized carbons (Fsp3) is 0.667. The monoisotopic (exact) mass is 198 g/mol. The molecule has 0 atom stereocenters. The maximum atomic E-state index is 5.49. The van der Waals surface area contributed by atoms with Crippen LogP contribution in [0.4, 0.5) is 0 Å². The van der Waals surface area contributed by atoms with E-state index in [4.69, 9.17) is 4.74 Å². The number of ether oxygens (including phenoxy) is 1. The van der Waals surface area contributed by atoms with Crippen molar-refractivity contribution in [3.8, 4) is 0 Å². The van der Waals surface area contributed by atoms with E-state index < -0.39 is 0 Å². The number of aryl methyl sites for hydroxylation is 1. The summed E-state index contributed by atoms with van der Waals surface area (Å²) in [4.78, 5) is 4.44. The van der Waals surface area contributed by atoms with Crippen molar-refractivity contribution in [2.45, 2.75) is 18.9 Å². The number of aromatic nitrogens is 1. The number of nitrogens with one attached hydrogen (secondary N) is 1. The molecule has 72 valence electrons. The number of rotatable bonds is 3. The van der Waals surface area contributed by atoms with Crippen molar-refractivity contribution in [2.75, 3.05) is 20.2 Å². The minimum atomic E-state index is 0.0144. The minimum Gasteiger partial charge on any atom is -0.375 e. The number of hydrogen-bond donors (Lipinski definition) is 1. The number of hydrogen-bond acceptors (Lipinski definition) is 4. The maximum absolute atomic E-state index is 5.49. The second-order valence-electron chi connectivity index (χ2n) is 3.53. The first-order valence-electron chi connectivity index (χ1n) is 4.41. The molecule has 1 aromatic rings. The van der Waals surface area contributed by atoms with Crippen LogP contribution in [0.5, 0.6) is 0 Å². The maximum Gasteiger partial charge on any atom is 0.0981 e. The van der Waals surface area contributed by atoms with E-state index in [2.05, 4.69) is 15.7 Å². The standard InChI is InChI=1S/C9H14N2OS/c1-7-11-8(4-13-7)3-9(12-2)5-10-6-9/h4,10H,3,5-6H2,1-2H3. The van der Waals surface area contributed by atoms with Gasteiger partial charge in [0.05, 0.1) is 16.3 Å². The van der Waals surface area contributed by atoms with Crippen molar-refractivity contribution >= 4 is 11.3 Å². The van der Waals surface area contributed by atoms with Crippen LogP contribution in [-0.4, -0.2) is 30.8 Å². The number of nitrogens with zero attached hydrogens (tertiary/aromatic N) is 1. The molecule has 3 nitrogen and oxygen atoms in total. The van der Waals surface area contributed by atoms with Gasteiger partial charge >= 0.3 is 0 Å². The second-order valence-corrected chi connectivity index (χ2v) is 4.59. The number of methoxy groups -OCH3 is 1. The average Bonchev–Trinajstić information content (AvgIpc) is 2.44. The summed E-state index contributed by atoms with van der Waals surface area (Å²) in [5.41, 5.74) is 1.17. The molecule has 0 bridgehead atoms.